The first-order chi connectivity index (χ1) is 25.0. The van der Waals surface area contributed by atoms with E-state index in [1.165, 1.54) is 0 Å². The average Bonchev–Trinajstić information content (AvgIpc) is 3.16. The second kappa shape index (κ2) is 15.5. The molecule has 10 heteroatoms. The molecule has 0 bridgehead atoms. The molecular formula is C42H33F6N2OP. The molecule has 0 heterocycles. The van der Waals surface area contributed by atoms with Crippen LogP contribution in [0.1, 0.15) is 38.5 Å². The minimum atomic E-state index is -5.12. The van der Waals surface area contributed by atoms with Crippen LogP contribution >= 0.6 is 7.05 Å². The topological polar surface area (TPSA) is 41.5 Å². The number of nitrogens with zero attached hydrogens (tertiary/aromatic N) is 1. The first-order valence-corrected chi connectivity index (χ1v) is 18.2. The van der Waals surface area contributed by atoms with Gasteiger partial charge in [-0.05, 0) is 29.3 Å². The SMILES string of the molecule is O=C(N[C@@H](CN=P(c1ccccc1)(c1ccccc1)c1ccccc1)C(c1ccccc1)c1ccccc1)c1cc(C(F)(F)F)cc(C(F)(F)F)c1. The van der Waals surface area contributed by atoms with E-state index < -0.39 is 54.0 Å². The van der Waals surface area contributed by atoms with Crippen molar-refractivity contribution in [3.63, 3.8) is 0 Å². The van der Waals surface area contributed by atoms with Crippen LogP contribution in [-0.2, 0) is 12.4 Å². The van der Waals surface area contributed by atoms with Crippen LogP contribution in [-0.4, -0.2) is 18.5 Å². The van der Waals surface area contributed by atoms with Crippen molar-refractivity contribution >= 4 is 28.9 Å². The van der Waals surface area contributed by atoms with Gasteiger partial charge in [0.05, 0.1) is 30.8 Å². The first kappa shape index (κ1) is 36.4. The van der Waals surface area contributed by atoms with E-state index in [9.17, 15) is 31.1 Å². The summed E-state index contributed by atoms with van der Waals surface area (Å²) < 4.78 is 88.7. The van der Waals surface area contributed by atoms with Crippen LogP contribution in [0.2, 0.25) is 0 Å². The summed E-state index contributed by atoms with van der Waals surface area (Å²) in [6, 6.07) is 47.7. The number of rotatable bonds is 10. The Hall–Kier alpha value is -5.40. The number of benzene rings is 6. The quantitative estimate of drug-likeness (QED) is 0.111. The second-order valence-electron chi connectivity index (χ2n) is 12.1. The van der Waals surface area contributed by atoms with Crippen molar-refractivity contribution in [3.05, 3.63) is 198 Å². The number of carbonyl (C=O) groups excluding carboxylic acids is 1. The van der Waals surface area contributed by atoms with E-state index in [-0.39, 0.29) is 12.6 Å². The minimum absolute atomic E-state index is 0.0127. The van der Waals surface area contributed by atoms with Crippen LogP contribution in [0.4, 0.5) is 26.3 Å². The van der Waals surface area contributed by atoms with E-state index in [0.29, 0.717) is 12.1 Å². The largest absolute Gasteiger partial charge is 0.416 e. The number of nitrogens with one attached hydrogen (secondary N) is 1. The Labute approximate surface area is 298 Å². The van der Waals surface area contributed by atoms with E-state index in [0.717, 1.165) is 27.0 Å². The lowest BCUT2D eigenvalue weighted by Gasteiger charge is -2.32. The molecule has 1 N–H and O–H groups in total. The Morgan fingerprint density at radius 1 is 0.538 bits per heavy atom. The molecule has 0 aromatic heterocycles. The number of halogens is 6. The van der Waals surface area contributed by atoms with Crippen LogP contribution in [0.25, 0.3) is 0 Å². The third-order valence-electron chi connectivity index (χ3n) is 8.77. The maximum Gasteiger partial charge on any atom is 0.416 e. The van der Waals surface area contributed by atoms with Crippen LogP contribution < -0.4 is 21.2 Å². The van der Waals surface area contributed by atoms with Gasteiger partial charge in [0.25, 0.3) is 5.91 Å². The number of hydrogen-bond acceptors (Lipinski definition) is 2. The summed E-state index contributed by atoms with van der Waals surface area (Å²) in [5, 5.41) is 5.66. The lowest BCUT2D eigenvalue weighted by atomic mass is 9.85. The summed E-state index contributed by atoms with van der Waals surface area (Å²) in [5.74, 6) is -1.68. The maximum atomic E-state index is 14.0. The molecule has 1 amide bonds. The van der Waals surface area contributed by atoms with E-state index >= 15 is 0 Å². The fourth-order valence-electron chi connectivity index (χ4n) is 6.38. The Morgan fingerprint density at radius 2 is 0.885 bits per heavy atom. The summed E-state index contributed by atoms with van der Waals surface area (Å²) in [5.41, 5.74) is -2.35. The van der Waals surface area contributed by atoms with E-state index in [4.69, 9.17) is 4.74 Å². The molecule has 0 spiro atoms. The molecule has 0 aliphatic carbocycles. The average molecular weight is 727 g/mol. The predicted octanol–water partition coefficient (Wildman–Crippen LogP) is 9.83. The fourth-order valence-corrected chi connectivity index (χ4v) is 10.00. The summed E-state index contributed by atoms with van der Waals surface area (Å²) in [4.78, 5) is 14.0. The van der Waals surface area contributed by atoms with Gasteiger partial charge in [-0.3, -0.25) is 9.54 Å². The second-order valence-corrected chi connectivity index (χ2v) is 15.2. The lowest BCUT2D eigenvalue weighted by Crippen LogP contribution is -2.42. The van der Waals surface area contributed by atoms with Crippen LogP contribution in [0.5, 0.6) is 0 Å². The zero-order chi connectivity index (χ0) is 36.8. The van der Waals surface area contributed by atoms with Gasteiger partial charge < -0.3 is 5.32 Å². The van der Waals surface area contributed by atoms with Crippen LogP contribution in [0.3, 0.4) is 0 Å². The molecule has 264 valence electrons. The van der Waals surface area contributed by atoms with Gasteiger partial charge in [0.2, 0.25) is 0 Å². The molecule has 3 nitrogen and oxygen atoms in total. The molecule has 1 atom stereocenters. The molecule has 0 aliphatic heterocycles. The van der Waals surface area contributed by atoms with Crippen molar-refractivity contribution in [3.8, 4) is 0 Å². The highest BCUT2D eigenvalue weighted by molar-refractivity contribution is 7.87. The van der Waals surface area contributed by atoms with Gasteiger partial charge in [-0.25, -0.2) is 0 Å². The van der Waals surface area contributed by atoms with E-state index in [1.54, 1.807) is 0 Å². The molecule has 0 aliphatic rings. The third kappa shape index (κ3) is 8.05. The zero-order valence-electron chi connectivity index (χ0n) is 27.6. The highest BCUT2D eigenvalue weighted by Crippen LogP contribution is 2.47. The van der Waals surface area contributed by atoms with Crippen LogP contribution in [0.15, 0.2) is 175 Å². The van der Waals surface area contributed by atoms with Crippen molar-refractivity contribution in [1.82, 2.24) is 5.32 Å². The maximum absolute atomic E-state index is 14.0. The first-order valence-electron chi connectivity index (χ1n) is 16.4. The van der Waals surface area contributed by atoms with Crippen molar-refractivity contribution in [2.45, 2.75) is 24.3 Å². The summed E-state index contributed by atoms with van der Waals surface area (Å²) in [7, 11) is -2.83. The molecule has 6 aromatic carbocycles. The van der Waals surface area contributed by atoms with Crippen molar-refractivity contribution < 1.29 is 31.1 Å². The molecule has 0 fully saturated rings. The van der Waals surface area contributed by atoms with Crippen molar-refractivity contribution in [1.29, 1.82) is 0 Å². The van der Waals surface area contributed by atoms with Gasteiger partial charge in [-0.2, -0.15) is 26.3 Å². The standard InChI is InChI=1S/C42H33F6N2OP/c43-41(44,45)33-26-32(27-34(28-33)42(46,47)48)40(51)50-38(39(30-16-6-1-7-17-30)31-18-8-2-9-19-31)29-49-52(35-20-10-3-11-21-35,36-22-12-4-13-23-36)37-24-14-5-15-25-37/h1-28,38-39H,29H2,(H,50,51)/t38-/m0/s1. The molecule has 0 radical (unpaired) electrons. The predicted molar refractivity (Wildman–Crippen MR) is 195 cm³/mol. The van der Waals surface area contributed by atoms with Gasteiger partial charge in [0, 0.05) is 27.4 Å². The van der Waals surface area contributed by atoms with E-state index in [1.807, 2.05) is 152 Å². The Morgan fingerprint density at radius 3 is 1.23 bits per heavy atom. The summed E-state index contributed by atoms with van der Waals surface area (Å²) >= 11 is 0. The minimum Gasteiger partial charge on any atom is -0.346 e. The van der Waals surface area contributed by atoms with Crippen LogP contribution in [0, 0.1) is 0 Å². The molecule has 52 heavy (non-hydrogen) atoms. The summed E-state index contributed by atoms with van der Waals surface area (Å²) in [6.45, 7) is -0.0439. The highest BCUT2D eigenvalue weighted by atomic mass is 31.2. The molecule has 6 aromatic rings. The third-order valence-corrected chi connectivity index (χ3v) is 12.5. The molecule has 6 rings (SSSR count). The normalized spacial score (nSPS) is 12.7. The van der Waals surface area contributed by atoms with Gasteiger partial charge in [0.15, 0.2) is 0 Å². The van der Waals surface area contributed by atoms with Crippen molar-refractivity contribution in [2.75, 3.05) is 6.54 Å². The Bertz CT molecular complexity index is 1970. The molecular weight excluding hydrogens is 693 g/mol. The number of amides is 1. The molecule has 0 unspecified atom stereocenters. The van der Waals surface area contributed by atoms with Gasteiger partial charge in [0.1, 0.15) is 0 Å². The fraction of sp³-hybridized carbons (Fsp3) is 0.119. The zero-order valence-corrected chi connectivity index (χ0v) is 28.5. The molecule has 0 saturated heterocycles. The molecule has 0 saturated carbocycles. The van der Waals surface area contributed by atoms with Gasteiger partial charge in [-0.15, -0.1) is 0 Å². The highest BCUT2D eigenvalue weighted by Gasteiger charge is 2.38. The lowest BCUT2D eigenvalue weighted by molar-refractivity contribution is -0.143. The smallest absolute Gasteiger partial charge is 0.346 e. The van der Waals surface area contributed by atoms with Gasteiger partial charge >= 0.3 is 12.4 Å². The van der Waals surface area contributed by atoms with Gasteiger partial charge in [-0.1, -0.05) is 152 Å². The Kier molecular flexibility index (Phi) is 10.8. The number of carbonyl (C=O) groups is 1. The number of hydrogen-bond donors (Lipinski definition) is 1. The van der Waals surface area contributed by atoms with E-state index in [2.05, 4.69) is 5.32 Å². The van der Waals surface area contributed by atoms with Crippen molar-refractivity contribution in [2.24, 2.45) is 4.74 Å². The monoisotopic (exact) mass is 726 g/mol. The summed E-state index contributed by atoms with van der Waals surface area (Å²) in [6.07, 6.45) is -10.2. The number of alkyl halides is 6. The Balaban J connectivity index is 1.58.